The minimum atomic E-state index is -0.134. The van der Waals surface area contributed by atoms with Gasteiger partial charge in [0.1, 0.15) is 11.4 Å². The zero-order valence-corrected chi connectivity index (χ0v) is 12.2. The van der Waals surface area contributed by atoms with Gasteiger partial charge in [-0.3, -0.25) is 4.79 Å². The van der Waals surface area contributed by atoms with Crippen molar-refractivity contribution in [2.45, 2.75) is 12.8 Å². The van der Waals surface area contributed by atoms with E-state index in [9.17, 15) is 4.79 Å². The van der Waals surface area contributed by atoms with E-state index in [-0.39, 0.29) is 12.2 Å². The fourth-order valence-electron chi connectivity index (χ4n) is 2.32. The van der Waals surface area contributed by atoms with Crippen LogP contribution in [0.3, 0.4) is 0 Å². The molecule has 0 unspecified atom stereocenters. The van der Waals surface area contributed by atoms with Gasteiger partial charge in [0.15, 0.2) is 5.78 Å². The van der Waals surface area contributed by atoms with Gasteiger partial charge in [0.2, 0.25) is 5.88 Å². The molecule has 0 saturated carbocycles. The summed E-state index contributed by atoms with van der Waals surface area (Å²) < 4.78 is 10.5. The maximum Gasteiger partial charge on any atom is 0.233 e. The molecule has 0 fully saturated rings. The van der Waals surface area contributed by atoms with Crippen LogP contribution in [0.5, 0.6) is 11.6 Å². The SMILES string of the molecule is COc1ccc(C(=O)Cc2cc(Cl)cc3c2OCC3)nn1. The molecule has 1 aromatic carbocycles. The Hall–Kier alpha value is -2.14. The number of hydrogen-bond acceptors (Lipinski definition) is 5. The fraction of sp³-hybridized carbons (Fsp3) is 0.267. The standard InChI is InChI=1S/C15H13ClN2O3/c1-20-14-3-2-12(17-18-14)13(19)8-10-7-11(16)6-9-4-5-21-15(9)10/h2-3,6-7H,4-5,8H2,1H3. The van der Waals surface area contributed by atoms with Crippen LogP contribution >= 0.6 is 11.6 Å². The highest BCUT2D eigenvalue weighted by atomic mass is 35.5. The van der Waals surface area contributed by atoms with E-state index in [1.807, 2.05) is 6.07 Å². The maximum absolute atomic E-state index is 12.3. The summed E-state index contributed by atoms with van der Waals surface area (Å²) in [5.41, 5.74) is 2.13. The number of fused-ring (bicyclic) bond motifs is 1. The Morgan fingerprint density at radius 3 is 2.95 bits per heavy atom. The largest absolute Gasteiger partial charge is 0.493 e. The third kappa shape index (κ3) is 2.83. The monoisotopic (exact) mass is 304 g/mol. The van der Waals surface area contributed by atoms with Crippen molar-refractivity contribution in [3.63, 3.8) is 0 Å². The van der Waals surface area contributed by atoms with E-state index < -0.39 is 0 Å². The summed E-state index contributed by atoms with van der Waals surface area (Å²) in [6, 6.07) is 6.85. The number of methoxy groups -OCH3 is 1. The Morgan fingerprint density at radius 2 is 2.24 bits per heavy atom. The number of carbonyl (C=O) groups excluding carboxylic acids is 1. The molecular formula is C15H13ClN2O3. The first-order valence-corrected chi connectivity index (χ1v) is 6.90. The lowest BCUT2D eigenvalue weighted by atomic mass is 10.0. The van der Waals surface area contributed by atoms with Gasteiger partial charge in [-0.05, 0) is 23.8 Å². The Bertz CT molecular complexity index is 686. The third-order valence-electron chi connectivity index (χ3n) is 3.31. The first kappa shape index (κ1) is 13.8. The maximum atomic E-state index is 12.3. The second-order valence-electron chi connectivity index (χ2n) is 4.71. The van der Waals surface area contributed by atoms with Crippen molar-refractivity contribution in [3.8, 4) is 11.6 Å². The molecule has 2 aromatic rings. The van der Waals surface area contributed by atoms with Gasteiger partial charge >= 0.3 is 0 Å². The minimum absolute atomic E-state index is 0.134. The summed E-state index contributed by atoms with van der Waals surface area (Å²) >= 11 is 6.09. The molecule has 0 radical (unpaired) electrons. The summed E-state index contributed by atoms with van der Waals surface area (Å²) in [6.07, 6.45) is 1.00. The zero-order valence-electron chi connectivity index (χ0n) is 11.4. The highest BCUT2D eigenvalue weighted by molar-refractivity contribution is 6.30. The van der Waals surface area contributed by atoms with E-state index in [0.29, 0.717) is 23.2 Å². The van der Waals surface area contributed by atoms with Crippen molar-refractivity contribution in [1.82, 2.24) is 10.2 Å². The van der Waals surface area contributed by atoms with Crippen LogP contribution in [0.1, 0.15) is 21.6 Å². The van der Waals surface area contributed by atoms with Crippen LogP contribution < -0.4 is 9.47 Å². The number of ketones is 1. The lowest BCUT2D eigenvalue weighted by molar-refractivity contribution is 0.0986. The predicted octanol–water partition coefficient (Wildman–Crippen LogP) is 2.50. The van der Waals surface area contributed by atoms with E-state index in [0.717, 1.165) is 23.3 Å². The first-order valence-electron chi connectivity index (χ1n) is 6.52. The van der Waals surface area contributed by atoms with Gasteiger partial charge in [0.05, 0.1) is 13.7 Å². The molecule has 0 atom stereocenters. The molecule has 6 heteroatoms. The average Bonchev–Trinajstić information content (AvgIpc) is 2.95. The second kappa shape index (κ2) is 5.69. The minimum Gasteiger partial charge on any atom is -0.493 e. The zero-order chi connectivity index (χ0) is 14.8. The molecule has 0 aliphatic carbocycles. The van der Waals surface area contributed by atoms with E-state index in [1.54, 1.807) is 18.2 Å². The normalized spacial score (nSPS) is 12.7. The molecule has 3 rings (SSSR count). The molecule has 0 saturated heterocycles. The summed E-state index contributed by atoms with van der Waals surface area (Å²) in [6.45, 7) is 0.624. The smallest absolute Gasteiger partial charge is 0.233 e. The van der Waals surface area contributed by atoms with Crippen LogP contribution in [-0.2, 0) is 12.8 Å². The van der Waals surface area contributed by atoms with Gasteiger partial charge in [-0.2, -0.15) is 0 Å². The summed E-state index contributed by atoms with van der Waals surface area (Å²) in [5.74, 6) is 1.01. The quantitative estimate of drug-likeness (QED) is 0.812. The van der Waals surface area contributed by atoms with Crippen molar-refractivity contribution < 1.29 is 14.3 Å². The van der Waals surface area contributed by atoms with Gasteiger partial charge in [0, 0.05) is 29.5 Å². The molecule has 108 valence electrons. The average molecular weight is 305 g/mol. The van der Waals surface area contributed by atoms with Gasteiger partial charge in [-0.25, -0.2) is 0 Å². The molecule has 1 aliphatic rings. The van der Waals surface area contributed by atoms with Crippen LogP contribution in [0.25, 0.3) is 0 Å². The molecule has 0 spiro atoms. The number of nitrogens with zero attached hydrogens (tertiary/aromatic N) is 2. The van der Waals surface area contributed by atoms with Crippen molar-refractivity contribution in [2.75, 3.05) is 13.7 Å². The number of halogens is 1. The van der Waals surface area contributed by atoms with Crippen LogP contribution in [-0.4, -0.2) is 29.7 Å². The summed E-state index contributed by atoms with van der Waals surface area (Å²) in [4.78, 5) is 12.3. The highest BCUT2D eigenvalue weighted by Crippen LogP contribution is 2.33. The number of carbonyl (C=O) groups is 1. The highest BCUT2D eigenvalue weighted by Gasteiger charge is 2.20. The van der Waals surface area contributed by atoms with Crippen molar-refractivity contribution >= 4 is 17.4 Å². The Kier molecular flexibility index (Phi) is 3.75. The van der Waals surface area contributed by atoms with Crippen molar-refractivity contribution in [2.24, 2.45) is 0 Å². The van der Waals surface area contributed by atoms with E-state index >= 15 is 0 Å². The molecule has 1 aromatic heterocycles. The molecule has 2 heterocycles. The second-order valence-corrected chi connectivity index (χ2v) is 5.15. The van der Waals surface area contributed by atoms with Crippen LogP contribution in [0.15, 0.2) is 24.3 Å². The molecule has 0 bridgehead atoms. The first-order chi connectivity index (χ1) is 10.2. The summed E-state index contributed by atoms with van der Waals surface area (Å²) in [5, 5.41) is 8.28. The Balaban J connectivity index is 1.84. The third-order valence-corrected chi connectivity index (χ3v) is 3.53. The van der Waals surface area contributed by atoms with E-state index in [1.165, 1.54) is 7.11 Å². The van der Waals surface area contributed by atoms with Crippen LogP contribution in [0.4, 0.5) is 0 Å². The lowest BCUT2D eigenvalue weighted by Gasteiger charge is -2.08. The van der Waals surface area contributed by atoms with Crippen molar-refractivity contribution in [3.05, 3.63) is 46.1 Å². The number of ether oxygens (including phenoxy) is 2. The van der Waals surface area contributed by atoms with Gasteiger partial charge in [0.25, 0.3) is 0 Å². The number of hydrogen-bond donors (Lipinski definition) is 0. The van der Waals surface area contributed by atoms with Crippen LogP contribution in [0.2, 0.25) is 5.02 Å². The summed E-state index contributed by atoms with van der Waals surface area (Å²) in [7, 11) is 1.50. The fourth-order valence-corrected chi connectivity index (χ4v) is 2.58. The van der Waals surface area contributed by atoms with Crippen LogP contribution in [0, 0.1) is 0 Å². The van der Waals surface area contributed by atoms with E-state index in [2.05, 4.69) is 10.2 Å². The number of rotatable bonds is 4. The topological polar surface area (TPSA) is 61.3 Å². The van der Waals surface area contributed by atoms with E-state index in [4.69, 9.17) is 21.1 Å². The number of aromatic nitrogens is 2. The molecule has 21 heavy (non-hydrogen) atoms. The Labute approximate surface area is 126 Å². The van der Waals surface area contributed by atoms with Gasteiger partial charge in [-0.15, -0.1) is 10.2 Å². The lowest BCUT2D eigenvalue weighted by Crippen LogP contribution is -2.08. The molecule has 1 aliphatic heterocycles. The molecule has 5 nitrogen and oxygen atoms in total. The number of benzene rings is 1. The Morgan fingerprint density at radius 1 is 1.38 bits per heavy atom. The molecule has 0 N–H and O–H groups in total. The van der Waals surface area contributed by atoms with Gasteiger partial charge in [-0.1, -0.05) is 11.6 Å². The predicted molar refractivity (Wildman–Crippen MR) is 77.3 cm³/mol. The van der Waals surface area contributed by atoms with Gasteiger partial charge < -0.3 is 9.47 Å². The molecular weight excluding hydrogens is 292 g/mol. The number of Topliss-reactive ketones (excluding diaryl/α,β-unsaturated/α-hetero) is 1. The van der Waals surface area contributed by atoms with Crippen molar-refractivity contribution in [1.29, 1.82) is 0 Å². The molecule has 0 amide bonds.